The van der Waals surface area contributed by atoms with Gasteiger partial charge in [-0.25, -0.2) is 4.98 Å². The molecule has 4 nitrogen and oxygen atoms in total. The van der Waals surface area contributed by atoms with E-state index in [1.54, 1.807) is 25.4 Å². The first-order chi connectivity index (χ1) is 7.81. The van der Waals surface area contributed by atoms with Crippen molar-refractivity contribution in [1.29, 1.82) is 5.26 Å². The molecule has 1 aromatic heterocycles. The molecule has 0 amide bonds. The van der Waals surface area contributed by atoms with E-state index < -0.39 is 0 Å². The summed E-state index contributed by atoms with van der Waals surface area (Å²) in [7, 11) is 1.67. The van der Waals surface area contributed by atoms with E-state index in [0.717, 1.165) is 12.8 Å². The Kier molecular flexibility index (Phi) is 5.30. The van der Waals surface area contributed by atoms with Crippen LogP contribution >= 0.6 is 0 Å². The lowest BCUT2D eigenvalue weighted by Gasteiger charge is -2.18. The molecule has 1 heterocycles. The van der Waals surface area contributed by atoms with Gasteiger partial charge in [0, 0.05) is 13.3 Å². The molecule has 0 spiro atoms. The normalized spacial score (nSPS) is 11.8. The van der Waals surface area contributed by atoms with Gasteiger partial charge in [-0.3, -0.25) is 0 Å². The van der Waals surface area contributed by atoms with Crippen LogP contribution in [0.3, 0.4) is 0 Å². The monoisotopic (exact) mass is 219 g/mol. The molecule has 1 unspecified atom stereocenters. The number of hydrogen-bond donors (Lipinski definition) is 1. The predicted molar refractivity (Wildman–Crippen MR) is 63.1 cm³/mol. The van der Waals surface area contributed by atoms with Gasteiger partial charge in [0.1, 0.15) is 11.9 Å². The summed E-state index contributed by atoms with van der Waals surface area (Å²) in [5.74, 6) is 0.639. The summed E-state index contributed by atoms with van der Waals surface area (Å²) < 4.78 is 5.13. The molecule has 1 aromatic rings. The quantitative estimate of drug-likeness (QED) is 0.796. The van der Waals surface area contributed by atoms with Gasteiger partial charge in [0.15, 0.2) is 0 Å². The molecule has 0 saturated carbocycles. The molecular formula is C12H17N3O. The molecule has 4 heteroatoms. The lowest BCUT2D eigenvalue weighted by Crippen LogP contribution is -2.25. The van der Waals surface area contributed by atoms with E-state index in [-0.39, 0.29) is 6.04 Å². The first kappa shape index (κ1) is 12.5. The number of nitriles is 1. The average Bonchev–Trinajstić information content (AvgIpc) is 2.30. The van der Waals surface area contributed by atoms with Crippen LogP contribution in [0.2, 0.25) is 0 Å². The fraction of sp³-hybridized carbons (Fsp3) is 0.500. The first-order valence-electron chi connectivity index (χ1n) is 5.42. The molecule has 86 valence electrons. The third-order valence-corrected chi connectivity index (χ3v) is 2.27. The topological polar surface area (TPSA) is 57.9 Å². The Bertz CT molecular complexity index is 354. The van der Waals surface area contributed by atoms with Crippen LogP contribution in [0, 0.1) is 11.3 Å². The zero-order valence-corrected chi connectivity index (χ0v) is 9.73. The van der Waals surface area contributed by atoms with Gasteiger partial charge >= 0.3 is 0 Å². The van der Waals surface area contributed by atoms with Crippen LogP contribution in [-0.2, 0) is 4.74 Å². The van der Waals surface area contributed by atoms with Gasteiger partial charge in [0.05, 0.1) is 18.2 Å². The lowest BCUT2D eigenvalue weighted by atomic mass is 10.1. The third-order valence-electron chi connectivity index (χ3n) is 2.27. The number of anilines is 1. The van der Waals surface area contributed by atoms with E-state index >= 15 is 0 Å². The lowest BCUT2D eigenvalue weighted by molar-refractivity contribution is 0.182. The first-order valence-corrected chi connectivity index (χ1v) is 5.42. The average molecular weight is 219 g/mol. The van der Waals surface area contributed by atoms with E-state index in [2.05, 4.69) is 23.3 Å². The second-order valence-electron chi connectivity index (χ2n) is 3.60. The second-order valence-corrected chi connectivity index (χ2v) is 3.60. The molecule has 0 saturated heterocycles. The molecule has 0 aliphatic carbocycles. The van der Waals surface area contributed by atoms with Gasteiger partial charge in [-0.05, 0) is 18.6 Å². The molecule has 1 atom stereocenters. The van der Waals surface area contributed by atoms with E-state index in [4.69, 9.17) is 10.00 Å². The van der Waals surface area contributed by atoms with Crippen molar-refractivity contribution in [2.45, 2.75) is 25.8 Å². The summed E-state index contributed by atoms with van der Waals surface area (Å²) in [4.78, 5) is 4.16. The molecule has 0 bridgehead atoms. The number of aromatic nitrogens is 1. The summed E-state index contributed by atoms with van der Waals surface area (Å²) >= 11 is 0. The second kappa shape index (κ2) is 6.81. The molecule has 1 N–H and O–H groups in total. The predicted octanol–water partition coefficient (Wildman–Crippen LogP) is 2.18. The molecule has 0 aliphatic heterocycles. The third kappa shape index (κ3) is 3.52. The van der Waals surface area contributed by atoms with Gasteiger partial charge in [-0.1, -0.05) is 13.3 Å². The molecule has 16 heavy (non-hydrogen) atoms. The highest BCUT2D eigenvalue weighted by Crippen LogP contribution is 2.13. The van der Waals surface area contributed by atoms with Gasteiger partial charge in [0.2, 0.25) is 0 Å². The van der Waals surface area contributed by atoms with E-state index in [0.29, 0.717) is 18.0 Å². The zero-order chi connectivity index (χ0) is 11.8. The number of hydrogen-bond acceptors (Lipinski definition) is 4. The van der Waals surface area contributed by atoms with Crippen molar-refractivity contribution in [1.82, 2.24) is 4.98 Å². The number of pyridine rings is 1. The fourth-order valence-corrected chi connectivity index (χ4v) is 1.55. The van der Waals surface area contributed by atoms with Crippen LogP contribution in [-0.4, -0.2) is 24.7 Å². The van der Waals surface area contributed by atoms with Crippen LogP contribution in [0.15, 0.2) is 18.3 Å². The number of ether oxygens (including phenoxy) is 1. The van der Waals surface area contributed by atoms with Crippen molar-refractivity contribution in [2.24, 2.45) is 0 Å². The van der Waals surface area contributed by atoms with Crippen molar-refractivity contribution < 1.29 is 4.74 Å². The van der Waals surface area contributed by atoms with Crippen LogP contribution < -0.4 is 5.32 Å². The van der Waals surface area contributed by atoms with Crippen LogP contribution in [0.25, 0.3) is 0 Å². The van der Waals surface area contributed by atoms with Gasteiger partial charge in [-0.2, -0.15) is 5.26 Å². The zero-order valence-electron chi connectivity index (χ0n) is 9.73. The highest BCUT2D eigenvalue weighted by molar-refractivity contribution is 5.51. The summed E-state index contributed by atoms with van der Waals surface area (Å²) in [6.07, 6.45) is 3.74. The molecule has 1 rings (SSSR count). The maximum Gasteiger partial charge on any atom is 0.144 e. The van der Waals surface area contributed by atoms with E-state index in [1.165, 1.54) is 0 Å². The van der Waals surface area contributed by atoms with Gasteiger partial charge in [0.25, 0.3) is 0 Å². The summed E-state index contributed by atoms with van der Waals surface area (Å²) in [5, 5.41) is 12.2. The molecule has 0 radical (unpaired) electrons. The largest absolute Gasteiger partial charge is 0.383 e. The maximum absolute atomic E-state index is 8.93. The summed E-state index contributed by atoms with van der Waals surface area (Å²) in [5.41, 5.74) is 0.569. The SMILES string of the molecule is CCCC(COC)Nc1ncccc1C#N. The fourth-order valence-electron chi connectivity index (χ4n) is 1.55. The highest BCUT2D eigenvalue weighted by atomic mass is 16.5. The minimum atomic E-state index is 0.206. The Morgan fingerprint density at radius 2 is 2.44 bits per heavy atom. The highest BCUT2D eigenvalue weighted by Gasteiger charge is 2.10. The maximum atomic E-state index is 8.93. The smallest absolute Gasteiger partial charge is 0.144 e. The van der Waals surface area contributed by atoms with Crippen LogP contribution in [0.4, 0.5) is 5.82 Å². The van der Waals surface area contributed by atoms with Crippen molar-refractivity contribution in [3.63, 3.8) is 0 Å². The molecular weight excluding hydrogens is 202 g/mol. The molecule has 0 aromatic carbocycles. The van der Waals surface area contributed by atoms with Crippen molar-refractivity contribution in [3.8, 4) is 6.07 Å². The van der Waals surface area contributed by atoms with E-state index in [9.17, 15) is 0 Å². The Balaban J connectivity index is 2.72. The van der Waals surface area contributed by atoms with Gasteiger partial charge < -0.3 is 10.1 Å². The Morgan fingerprint density at radius 3 is 3.06 bits per heavy atom. The minimum Gasteiger partial charge on any atom is -0.383 e. The Hall–Kier alpha value is -1.60. The van der Waals surface area contributed by atoms with Crippen molar-refractivity contribution >= 4 is 5.82 Å². The molecule has 0 fully saturated rings. The number of methoxy groups -OCH3 is 1. The van der Waals surface area contributed by atoms with Crippen LogP contribution in [0.5, 0.6) is 0 Å². The Morgan fingerprint density at radius 1 is 1.62 bits per heavy atom. The van der Waals surface area contributed by atoms with Gasteiger partial charge in [-0.15, -0.1) is 0 Å². The van der Waals surface area contributed by atoms with Crippen LogP contribution in [0.1, 0.15) is 25.3 Å². The number of nitrogens with zero attached hydrogens (tertiary/aromatic N) is 2. The standard InChI is InChI=1S/C12H17N3O/c1-3-5-11(9-16-2)15-12-10(8-13)6-4-7-14-12/h4,6-7,11H,3,5,9H2,1-2H3,(H,14,15). The van der Waals surface area contributed by atoms with E-state index in [1.807, 2.05) is 0 Å². The number of rotatable bonds is 6. The molecule has 0 aliphatic rings. The van der Waals surface area contributed by atoms with Crippen molar-refractivity contribution in [2.75, 3.05) is 19.0 Å². The summed E-state index contributed by atoms with van der Waals surface area (Å²) in [6, 6.07) is 5.84. The minimum absolute atomic E-state index is 0.206. The summed E-state index contributed by atoms with van der Waals surface area (Å²) in [6.45, 7) is 2.74. The van der Waals surface area contributed by atoms with Crippen molar-refractivity contribution in [3.05, 3.63) is 23.9 Å². The number of nitrogens with one attached hydrogen (secondary N) is 1. The Labute approximate surface area is 96.3 Å².